The number of carbonyl (C=O) groups is 2. The largest absolute Gasteiger partial charge is 0.378 e. The molecule has 2 heterocycles. The molecule has 0 N–H and O–H groups in total. The SMILES string of the molecule is Cc1ccc(S(=O)(=O)N2[C@@H](C(=O)N3CCOCC3)C[C@H]3C(=O)CCCC[C@H]32)cc1. The second kappa shape index (κ2) is 8.16. The van der Waals surface area contributed by atoms with Gasteiger partial charge in [-0.1, -0.05) is 24.1 Å². The molecule has 3 aliphatic rings. The first kappa shape index (κ1) is 20.5. The van der Waals surface area contributed by atoms with Crippen molar-refractivity contribution in [3.05, 3.63) is 29.8 Å². The van der Waals surface area contributed by atoms with Crippen LogP contribution in [0.1, 0.15) is 37.7 Å². The summed E-state index contributed by atoms with van der Waals surface area (Å²) in [6, 6.07) is 5.44. The van der Waals surface area contributed by atoms with Crippen LogP contribution in [0.25, 0.3) is 0 Å². The average molecular weight is 421 g/mol. The molecule has 0 bridgehead atoms. The van der Waals surface area contributed by atoms with Crippen molar-refractivity contribution in [1.29, 1.82) is 0 Å². The summed E-state index contributed by atoms with van der Waals surface area (Å²) in [5, 5.41) is 0. The van der Waals surface area contributed by atoms with Gasteiger partial charge in [-0.25, -0.2) is 8.42 Å². The van der Waals surface area contributed by atoms with Crippen LogP contribution in [0.4, 0.5) is 0 Å². The number of carbonyl (C=O) groups excluding carboxylic acids is 2. The minimum Gasteiger partial charge on any atom is -0.378 e. The van der Waals surface area contributed by atoms with Gasteiger partial charge < -0.3 is 9.64 Å². The maximum absolute atomic E-state index is 13.6. The summed E-state index contributed by atoms with van der Waals surface area (Å²) in [5.41, 5.74) is 0.967. The molecular formula is C21H28N2O5S. The van der Waals surface area contributed by atoms with Gasteiger partial charge in [0.25, 0.3) is 0 Å². The first-order valence-corrected chi connectivity index (χ1v) is 11.8. The third-order valence-electron chi connectivity index (χ3n) is 6.37. The lowest BCUT2D eigenvalue weighted by atomic mass is 9.93. The Hall–Kier alpha value is -1.77. The molecule has 0 spiro atoms. The normalized spacial score (nSPS) is 28.8. The van der Waals surface area contributed by atoms with Crippen molar-refractivity contribution in [2.75, 3.05) is 26.3 Å². The van der Waals surface area contributed by atoms with Gasteiger partial charge in [-0.15, -0.1) is 0 Å². The Labute approximate surface area is 172 Å². The van der Waals surface area contributed by atoms with Crippen molar-refractivity contribution in [1.82, 2.24) is 9.21 Å². The fourth-order valence-electron chi connectivity index (χ4n) is 4.80. The van der Waals surface area contributed by atoms with E-state index in [-0.39, 0.29) is 23.0 Å². The van der Waals surface area contributed by atoms with Crippen LogP contribution in [-0.4, -0.2) is 67.7 Å². The van der Waals surface area contributed by atoms with Crippen molar-refractivity contribution >= 4 is 21.7 Å². The summed E-state index contributed by atoms with van der Waals surface area (Å²) < 4.78 is 34.0. The summed E-state index contributed by atoms with van der Waals surface area (Å²) in [6.07, 6.45) is 2.95. The van der Waals surface area contributed by atoms with Gasteiger partial charge in [-0.2, -0.15) is 4.31 Å². The molecule has 1 saturated carbocycles. The lowest BCUT2D eigenvalue weighted by molar-refractivity contribution is -0.139. The van der Waals surface area contributed by atoms with Crippen molar-refractivity contribution in [3.8, 4) is 0 Å². The number of ketones is 1. The number of ether oxygens (including phenoxy) is 1. The number of amides is 1. The molecule has 3 fully saturated rings. The zero-order valence-electron chi connectivity index (χ0n) is 16.7. The molecule has 7 nitrogen and oxygen atoms in total. The Bertz CT molecular complexity index is 877. The number of Topliss-reactive ketones (excluding diaryl/α,β-unsaturated/α-hetero) is 1. The molecule has 1 aromatic carbocycles. The van der Waals surface area contributed by atoms with Gasteiger partial charge in [-0.05, 0) is 38.3 Å². The number of fused-ring (bicyclic) bond motifs is 1. The maximum Gasteiger partial charge on any atom is 0.244 e. The Morgan fingerprint density at radius 3 is 2.48 bits per heavy atom. The van der Waals surface area contributed by atoms with Crippen LogP contribution in [0.5, 0.6) is 0 Å². The molecular weight excluding hydrogens is 392 g/mol. The number of aryl methyl sites for hydroxylation is 1. The molecule has 2 aliphatic heterocycles. The second-order valence-corrected chi connectivity index (χ2v) is 10.1. The molecule has 8 heteroatoms. The lowest BCUT2D eigenvalue weighted by Gasteiger charge is -2.34. The monoisotopic (exact) mass is 420 g/mol. The fraction of sp³-hybridized carbons (Fsp3) is 0.619. The van der Waals surface area contributed by atoms with E-state index in [4.69, 9.17) is 4.74 Å². The van der Waals surface area contributed by atoms with E-state index in [1.807, 2.05) is 6.92 Å². The van der Waals surface area contributed by atoms with Crippen LogP contribution in [-0.2, 0) is 24.3 Å². The Balaban J connectivity index is 1.73. The molecule has 29 heavy (non-hydrogen) atoms. The van der Waals surface area contributed by atoms with Crippen LogP contribution < -0.4 is 0 Å². The predicted molar refractivity (Wildman–Crippen MR) is 107 cm³/mol. The lowest BCUT2D eigenvalue weighted by Crippen LogP contribution is -2.52. The molecule has 0 unspecified atom stereocenters. The van der Waals surface area contributed by atoms with Gasteiger partial charge >= 0.3 is 0 Å². The molecule has 1 aromatic rings. The summed E-state index contributed by atoms with van der Waals surface area (Å²) in [6.45, 7) is 3.72. The van der Waals surface area contributed by atoms with Gasteiger partial charge in [0.15, 0.2) is 0 Å². The zero-order chi connectivity index (χ0) is 20.6. The van der Waals surface area contributed by atoms with Crippen LogP contribution in [0.3, 0.4) is 0 Å². The third-order valence-corrected chi connectivity index (χ3v) is 8.31. The number of hydrogen-bond acceptors (Lipinski definition) is 5. The van der Waals surface area contributed by atoms with E-state index in [9.17, 15) is 18.0 Å². The molecule has 0 aromatic heterocycles. The average Bonchev–Trinajstić information content (AvgIpc) is 3.03. The topological polar surface area (TPSA) is 84.0 Å². The Morgan fingerprint density at radius 2 is 1.79 bits per heavy atom. The Kier molecular flexibility index (Phi) is 5.77. The van der Waals surface area contributed by atoms with Crippen LogP contribution in [0, 0.1) is 12.8 Å². The first-order chi connectivity index (χ1) is 13.9. The van der Waals surface area contributed by atoms with E-state index in [0.29, 0.717) is 39.1 Å². The molecule has 4 rings (SSSR count). The minimum atomic E-state index is -3.90. The first-order valence-electron chi connectivity index (χ1n) is 10.4. The highest BCUT2D eigenvalue weighted by molar-refractivity contribution is 7.89. The number of benzene rings is 1. The van der Waals surface area contributed by atoms with Crippen molar-refractivity contribution in [2.24, 2.45) is 5.92 Å². The van der Waals surface area contributed by atoms with Crippen molar-refractivity contribution < 1.29 is 22.7 Å². The third kappa shape index (κ3) is 3.85. The second-order valence-electron chi connectivity index (χ2n) is 8.22. The van der Waals surface area contributed by atoms with Crippen molar-refractivity contribution in [3.63, 3.8) is 0 Å². The summed E-state index contributed by atoms with van der Waals surface area (Å²) in [5.74, 6) is -0.508. The zero-order valence-corrected chi connectivity index (χ0v) is 17.6. The molecule has 0 radical (unpaired) electrons. The number of nitrogens with zero attached hydrogens (tertiary/aromatic N) is 2. The quantitative estimate of drug-likeness (QED) is 0.744. The van der Waals surface area contributed by atoms with Crippen LogP contribution >= 0.6 is 0 Å². The highest BCUT2D eigenvalue weighted by Gasteiger charge is 2.53. The molecule has 3 atom stereocenters. The smallest absolute Gasteiger partial charge is 0.244 e. The van der Waals surface area contributed by atoms with Gasteiger partial charge in [0, 0.05) is 31.5 Å². The number of rotatable bonds is 3. The maximum atomic E-state index is 13.6. The standard InChI is InChI=1S/C21H28N2O5S/c1-15-6-8-16(9-7-15)29(26,27)23-18-4-2-3-5-20(24)17(18)14-19(23)21(25)22-10-12-28-13-11-22/h6-9,17-19H,2-5,10-14H2,1H3/t17-,18-,19-/m1/s1. The van der Waals surface area contributed by atoms with Gasteiger partial charge in [-0.3, -0.25) is 9.59 Å². The van der Waals surface area contributed by atoms with E-state index >= 15 is 0 Å². The number of morpholine rings is 1. The summed E-state index contributed by atoms with van der Waals surface area (Å²) in [7, 11) is -3.90. The van der Waals surface area contributed by atoms with Crippen molar-refractivity contribution in [2.45, 2.75) is 56.0 Å². The van der Waals surface area contributed by atoms with E-state index in [0.717, 1.165) is 18.4 Å². The predicted octanol–water partition coefficient (Wildman–Crippen LogP) is 1.74. The molecule has 2 saturated heterocycles. The fourth-order valence-corrected chi connectivity index (χ4v) is 6.65. The number of hydrogen-bond donors (Lipinski definition) is 0. The highest BCUT2D eigenvalue weighted by Crippen LogP contribution is 2.41. The molecule has 1 aliphatic carbocycles. The van der Waals surface area contributed by atoms with E-state index in [1.54, 1.807) is 29.2 Å². The molecule has 158 valence electrons. The van der Waals surface area contributed by atoms with Crippen LogP contribution in [0.15, 0.2) is 29.2 Å². The summed E-state index contributed by atoms with van der Waals surface area (Å²) >= 11 is 0. The van der Waals surface area contributed by atoms with Gasteiger partial charge in [0.05, 0.1) is 18.1 Å². The van der Waals surface area contributed by atoms with E-state index in [2.05, 4.69) is 0 Å². The number of sulfonamides is 1. The van der Waals surface area contributed by atoms with Gasteiger partial charge in [0.1, 0.15) is 11.8 Å². The minimum absolute atomic E-state index is 0.0916. The van der Waals surface area contributed by atoms with Crippen LogP contribution in [0.2, 0.25) is 0 Å². The van der Waals surface area contributed by atoms with Gasteiger partial charge in [0.2, 0.25) is 15.9 Å². The Morgan fingerprint density at radius 1 is 1.10 bits per heavy atom. The van der Waals surface area contributed by atoms with E-state index in [1.165, 1.54) is 4.31 Å². The molecule has 1 amide bonds. The highest BCUT2D eigenvalue weighted by atomic mass is 32.2. The van der Waals surface area contributed by atoms with E-state index < -0.39 is 28.0 Å². The summed E-state index contributed by atoms with van der Waals surface area (Å²) in [4.78, 5) is 27.9.